The number of pyridine rings is 1. The van der Waals surface area contributed by atoms with E-state index in [4.69, 9.17) is 20.0 Å². The summed E-state index contributed by atoms with van der Waals surface area (Å²) in [5.74, 6) is -0.684. The third-order valence-corrected chi connectivity index (χ3v) is 7.30. The Morgan fingerprint density at radius 3 is 2.34 bits per heavy atom. The topological polar surface area (TPSA) is 118 Å². The lowest BCUT2D eigenvalue weighted by molar-refractivity contribution is -0.672. The van der Waals surface area contributed by atoms with Gasteiger partial charge in [0.15, 0.2) is 5.95 Å². The van der Waals surface area contributed by atoms with Gasteiger partial charge in [-0.15, -0.1) is 11.3 Å². The van der Waals surface area contributed by atoms with E-state index in [0.717, 1.165) is 33.8 Å². The van der Waals surface area contributed by atoms with E-state index in [9.17, 15) is 9.90 Å². The molecule has 0 aliphatic heterocycles. The number of ether oxygens (including phenoxy) is 1. The number of anilines is 1. The van der Waals surface area contributed by atoms with E-state index in [0.29, 0.717) is 21.6 Å². The van der Waals surface area contributed by atoms with Crippen LogP contribution in [0.5, 0.6) is 11.7 Å². The van der Waals surface area contributed by atoms with Crippen LogP contribution in [0.2, 0.25) is 0 Å². The summed E-state index contributed by atoms with van der Waals surface area (Å²) in [6, 6.07) is 28.1. The summed E-state index contributed by atoms with van der Waals surface area (Å²) in [5, 5.41) is 17.0. The molecule has 6 aromatic rings. The Balaban J connectivity index is 1.55. The number of rotatable bonds is 6. The van der Waals surface area contributed by atoms with Crippen LogP contribution in [0.4, 0.5) is 5.69 Å². The monoisotopic (exact) mass is 520 g/mol. The first-order valence-corrected chi connectivity index (χ1v) is 12.5. The first-order chi connectivity index (χ1) is 18.5. The van der Waals surface area contributed by atoms with E-state index in [2.05, 4.69) is 5.27 Å². The molecule has 2 N–H and O–H groups in total. The maximum absolute atomic E-state index is 13.8. The number of methoxy groups -OCH3 is 1. The van der Waals surface area contributed by atoms with Crippen molar-refractivity contribution in [1.29, 1.82) is 0 Å². The number of carbonyl (C=O) groups excluding carboxylic acids is 1. The summed E-state index contributed by atoms with van der Waals surface area (Å²) in [6.07, 6.45) is 0. The molecule has 3 heterocycles. The SMILES string of the molecule is COc1ccc(-c2cc(-c3ccccc3)c3c(N)c(C(=O)c4c([O-])on[n+]4-c4ccccc4)sc3n2)cc1. The van der Waals surface area contributed by atoms with Gasteiger partial charge in [-0.05, 0) is 46.1 Å². The number of para-hydroxylation sites is 1. The molecule has 38 heavy (non-hydrogen) atoms. The average Bonchev–Trinajstić information content (AvgIpc) is 3.52. The number of nitrogen functional groups attached to an aromatic ring is 1. The van der Waals surface area contributed by atoms with Crippen LogP contribution in [-0.4, -0.2) is 23.1 Å². The van der Waals surface area contributed by atoms with E-state index in [-0.39, 0.29) is 16.3 Å². The molecule has 186 valence electrons. The minimum Gasteiger partial charge on any atom is -0.539 e. The molecule has 0 spiro atoms. The molecule has 0 saturated heterocycles. The van der Waals surface area contributed by atoms with Gasteiger partial charge >= 0.3 is 5.69 Å². The van der Waals surface area contributed by atoms with Crippen molar-refractivity contribution in [2.45, 2.75) is 0 Å². The zero-order valence-corrected chi connectivity index (χ0v) is 20.9. The number of hydrogen-bond acceptors (Lipinski definition) is 8. The first-order valence-electron chi connectivity index (χ1n) is 11.7. The van der Waals surface area contributed by atoms with Gasteiger partial charge in [0, 0.05) is 23.1 Å². The second kappa shape index (κ2) is 9.45. The highest BCUT2D eigenvalue weighted by Gasteiger charge is 2.32. The van der Waals surface area contributed by atoms with Gasteiger partial charge in [-0.2, -0.15) is 0 Å². The number of fused-ring (bicyclic) bond motifs is 1. The van der Waals surface area contributed by atoms with Crippen LogP contribution in [0.25, 0.3) is 38.3 Å². The van der Waals surface area contributed by atoms with Crippen molar-refractivity contribution in [1.82, 2.24) is 10.3 Å². The Morgan fingerprint density at radius 2 is 1.66 bits per heavy atom. The molecule has 0 aliphatic carbocycles. The van der Waals surface area contributed by atoms with Gasteiger partial charge in [-0.3, -0.25) is 4.79 Å². The van der Waals surface area contributed by atoms with Crippen molar-refractivity contribution < 1.29 is 23.8 Å². The van der Waals surface area contributed by atoms with Crippen molar-refractivity contribution in [2.24, 2.45) is 0 Å². The lowest BCUT2D eigenvalue weighted by Gasteiger charge is -2.09. The van der Waals surface area contributed by atoms with Gasteiger partial charge in [-0.1, -0.05) is 48.5 Å². The fourth-order valence-corrected chi connectivity index (χ4v) is 5.40. The fourth-order valence-electron chi connectivity index (χ4n) is 4.33. The average molecular weight is 521 g/mol. The summed E-state index contributed by atoms with van der Waals surface area (Å²) >= 11 is 1.14. The lowest BCUT2D eigenvalue weighted by Crippen LogP contribution is -2.39. The molecule has 0 radical (unpaired) electrons. The molecule has 9 heteroatoms. The predicted molar refractivity (Wildman–Crippen MR) is 142 cm³/mol. The van der Waals surface area contributed by atoms with Crippen LogP contribution in [0.1, 0.15) is 15.4 Å². The van der Waals surface area contributed by atoms with Crippen LogP contribution < -0.4 is 20.3 Å². The highest BCUT2D eigenvalue weighted by molar-refractivity contribution is 7.21. The number of nitrogens with two attached hydrogens (primary N) is 1. The summed E-state index contributed by atoms with van der Waals surface area (Å²) in [7, 11) is 1.62. The summed E-state index contributed by atoms with van der Waals surface area (Å²) in [6.45, 7) is 0. The molecule has 6 rings (SSSR count). The lowest BCUT2D eigenvalue weighted by atomic mass is 9.99. The maximum atomic E-state index is 13.8. The maximum Gasteiger partial charge on any atom is 0.312 e. The Hall–Kier alpha value is -5.02. The first kappa shape index (κ1) is 23.4. The smallest absolute Gasteiger partial charge is 0.312 e. The van der Waals surface area contributed by atoms with Crippen LogP contribution in [-0.2, 0) is 0 Å². The Bertz CT molecular complexity index is 1780. The van der Waals surface area contributed by atoms with Gasteiger partial charge < -0.3 is 20.1 Å². The molecule has 0 amide bonds. The zero-order chi connectivity index (χ0) is 26.2. The van der Waals surface area contributed by atoms with E-state index in [1.807, 2.05) is 66.7 Å². The molecule has 0 aliphatic rings. The molecule has 0 bridgehead atoms. The van der Waals surface area contributed by atoms with Gasteiger partial charge in [0.1, 0.15) is 15.5 Å². The highest BCUT2D eigenvalue weighted by Crippen LogP contribution is 2.42. The second-order valence-electron chi connectivity index (χ2n) is 8.46. The number of aromatic nitrogens is 3. The van der Waals surface area contributed by atoms with Crippen LogP contribution in [0.15, 0.2) is 95.5 Å². The summed E-state index contributed by atoms with van der Waals surface area (Å²) in [5.41, 5.74) is 10.5. The Labute approximate surface area is 221 Å². The van der Waals surface area contributed by atoms with E-state index in [1.165, 1.54) is 4.68 Å². The van der Waals surface area contributed by atoms with Crippen LogP contribution >= 0.6 is 11.3 Å². The number of benzene rings is 3. The quantitative estimate of drug-likeness (QED) is 0.248. The standard InChI is InChI=1S/C29H20N4O4S/c1-36-20-14-12-18(13-15-20)22-16-21(17-8-4-2-5-9-17)23-24(30)27(38-28(23)31-22)26(34)25-29(35)37-32-33(25)19-10-6-3-7-11-19/h2-16H,1H3,(H2-,30,32,34,35). The van der Waals surface area contributed by atoms with Crippen molar-refractivity contribution in [3.05, 3.63) is 102 Å². The molecule has 0 atom stereocenters. The summed E-state index contributed by atoms with van der Waals surface area (Å²) in [4.78, 5) is 19.4. The van der Waals surface area contributed by atoms with Crippen molar-refractivity contribution in [3.63, 3.8) is 0 Å². The number of hydrogen-bond donors (Lipinski definition) is 1. The van der Waals surface area contributed by atoms with Crippen molar-refractivity contribution >= 4 is 33.0 Å². The van der Waals surface area contributed by atoms with Gasteiger partial charge in [0.25, 0.3) is 5.78 Å². The van der Waals surface area contributed by atoms with Gasteiger partial charge in [0.2, 0.25) is 5.69 Å². The minimum atomic E-state index is -0.842. The third kappa shape index (κ3) is 3.95. The summed E-state index contributed by atoms with van der Waals surface area (Å²) < 4.78 is 11.4. The largest absolute Gasteiger partial charge is 0.539 e. The Morgan fingerprint density at radius 1 is 0.974 bits per heavy atom. The molecule has 0 unspecified atom stereocenters. The van der Waals surface area contributed by atoms with E-state index in [1.54, 1.807) is 31.4 Å². The van der Waals surface area contributed by atoms with Crippen LogP contribution in [0.3, 0.4) is 0 Å². The molecule has 0 saturated carbocycles. The number of nitrogens with zero attached hydrogens (tertiary/aromatic N) is 3. The minimum absolute atomic E-state index is 0.196. The molecule has 0 fully saturated rings. The number of carbonyl (C=O) groups is 1. The zero-order valence-electron chi connectivity index (χ0n) is 20.1. The number of thiophene rings is 1. The van der Waals surface area contributed by atoms with Gasteiger partial charge in [-0.25, -0.2) is 4.98 Å². The van der Waals surface area contributed by atoms with Crippen LogP contribution in [0, 0.1) is 0 Å². The molecule has 3 aromatic carbocycles. The molecular weight excluding hydrogens is 500 g/mol. The second-order valence-corrected chi connectivity index (χ2v) is 9.46. The third-order valence-electron chi connectivity index (χ3n) is 6.20. The van der Waals surface area contributed by atoms with Crippen molar-refractivity contribution in [2.75, 3.05) is 12.8 Å². The van der Waals surface area contributed by atoms with Gasteiger partial charge in [0.05, 0.1) is 23.8 Å². The van der Waals surface area contributed by atoms with Crippen molar-refractivity contribution in [3.8, 4) is 39.8 Å². The molecule has 3 aromatic heterocycles. The van der Waals surface area contributed by atoms with E-state index >= 15 is 0 Å². The number of ketones is 1. The fraction of sp³-hybridized carbons (Fsp3) is 0.0345. The molecular formula is C29H20N4O4S. The Kier molecular flexibility index (Phi) is 5.82. The highest BCUT2D eigenvalue weighted by atomic mass is 32.1. The molecule has 8 nitrogen and oxygen atoms in total. The normalized spacial score (nSPS) is 11.1. The van der Waals surface area contributed by atoms with E-state index < -0.39 is 11.7 Å². The predicted octanol–water partition coefficient (Wildman–Crippen LogP) is 4.79.